The lowest BCUT2D eigenvalue weighted by molar-refractivity contribution is -0.120. The molecule has 1 aliphatic heterocycles. The summed E-state index contributed by atoms with van der Waals surface area (Å²) in [4.78, 5) is 31.8. The topological polar surface area (TPSA) is 65.2 Å². The van der Waals surface area contributed by atoms with E-state index in [1.807, 2.05) is 83.8 Å². The van der Waals surface area contributed by atoms with Crippen molar-refractivity contribution in [3.63, 3.8) is 0 Å². The highest BCUT2D eigenvalue weighted by Gasteiger charge is 2.31. The molecule has 0 saturated carbocycles. The van der Waals surface area contributed by atoms with Gasteiger partial charge in [0.25, 0.3) is 11.8 Å². The van der Waals surface area contributed by atoms with Gasteiger partial charge in [0.15, 0.2) is 0 Å². The Labute approximate surface area is 180 Å². The van der Waals surface area contributed by atoms with Gasteiger partial charge in [0.05, 0.1) is 0 Å². The number of H-pyrrole nitrogens is 1. The molecule has 3 aromatic carbocycles. The van der Waals surface area contributed by atoms with Crippen molar-refractivity contribution in [3.8, 4) is 0 Å². The van der Waals surface area contributed by atoms with E-state index in [1.165, 1.54) is 0 Å². The van der Waals surface area contributed by atoms with E-state index in [4.69, 9.17) is 0 Å². The summed E-state index contributed by atoms with van der Waals surface area (Å²) in [6, 6.07) is 26.2. The normalized spacial score (nSPS) is 14.1. The number of carbonyl (C=O) groups is 2. The summed E-state index contributed by atoms with van der Waals surface area (Å²) < 4.78 is 0. The van der Waals surface area contributed by atoms with E-state index in [2.05, 4.69) is 16.4 Å². The van der Waals surface area contributed by atoms with Crippen molar-refractivity contribution in [1.29, 1.82) is 0 Å². The average molecular weight is 409 g/mol. The van der Waals surface area contributed by atoms with E-state index in [1.54, 1.807) is 0 Å². The van der Waals surface area contributed by atoms with Crippen LogP contribution in [0.15, 0.2) is 84.9 Å². The first kappa shape index (κ1) is 19.1. The maximum Gasteiger partial charge on any atom is 0.268 e. The van der Waals surface area contributed by atoms with Crippen molar-refractivity contribution >= 4 is 28.4 Å². The predicted molar refractivity (Wildman–Crippen MR) is 122 cm³/mol. The standard InChI is InChI=1S/C26H23N3O2/c30-25(22-17-20-12-4-6-14-21(20)27-22)28-24(19-10-2-1-3-11-19)26(31)29-16-8-13-18-9-5-7-15-23(18)29/h1-7,9-12,14-15,17,24,27H,8,13,16H2,(H,28,30)/t24-/m1/s1. The van der Waals surface area contributed by atoms with Crippen molar-refractivity contribution in [2.75, 3.05) is 11.4 Å². The molecule has 1 aromatic heterocycles. The smallest absolute Gasteiger partial charge is 0.268 e. The molecule has 5 rings (SSSR count). The molecule has 4 aromatic rings. The Hall–Kier alpha value is -3.86. The lowest BCUT2D eigenvalue weighted by Gasteiger charge is -2.32. The van der Waals surface area contributed by atoms with Gasteiger partial charge in [0.1, 0.15) is 11.7 Å². The molecule has 0 unspecified atom stereocenters. The Kier molecular flexibility index (Phi) is 5.00. The first-order chi connectivity index (χ1) is 15.2. The van der Waals surface area contributed by atoms with Crippen LogP contribution in [0.5, 0.6) is 0 Å². The molecule has 0 spiro atoms. The molecule has 31 heavy (non-hydrogen) atoms. The number of para-hydroxylation sites is 2. The lowest BCUT2D eigenvalue weighted by atomic mass is 9.99. The Balaban J connectivity index is 1.48. The number of benzene rings is 3. The van der Waals surface area contributed by atoms with E-state index < -0.39 is 6.04 Å². The molecule has 2 amide bonds. The number of rotatable bonds is 4. The van der Waals surface area contributed by atoms with Crippen molar-refractivity contribution < 1.29 is 9.59 Å². The summed E-state index contributed by atoms with van der Waals surface area (Å²) in [5, 5.41) is 3.94. The van der Waals surface area contributed by atoms with Gasteiger partial charge >= 0.3 is 0 Å². The highest BCUT2D eigenvalue weighted by atomic mass is 16.2. The molecule has 1 atom stereocenters. The molecular formula is C26H23N3O2. The van der Waals surface area contributed by atoms with Gasteiger partial charge in [-0.2, -0.15) is 0 Å². The number of nitrogens with one attached hydrogen (secondary N) is 2. The number of nitrogens with zero attached hydrogens (tertiary/aromatic N) is 1. The summed E-state index contributed by atoms with van der Waals surface area (Å²) in [5.74, 6) is -0.425. The summed E-state index contributed by atoms with van der Waals surface area (Å²) in [6.07, 6.45) is 1.86. The number of carbonyl (C=O) groups excluding carboxylic acids is 2. The Morgan fingerprint density at radius 3 is 2.48 bits per heavy atom. The minimum atomic E-state index is -0.772. The van der Waals surface area contributed by atoms with Crippen LogP contribution in [0.1, 0.15) is 34.1 Å². The molecule has 5 heteroatoms. The van der Waals surface area contributed by atoms with Gasteiger partial charge in [-0.05, 0) is 42.2 Å². The first-order valence-corrected chi connectivity index (χ1v) is 10.5. The average Bonchev–Trinajstić information content (AvgIpc) is 3.27. The van der Waals surface area contributed by atoms with Gasteiger partial charge in [-0.15, -0.1) is 0 Å². The van der Waals surface area contributed by atoms with Gasteiger partial charge in [0, 0.05) is 23.1 Å². The summed E-state index contributed by atoms with van der Waals surface area (Å²) >= 11 is 0. The van der Waals surface area contributed by atoms with Crippen molar-refractivity contribution in [3.05, 3.63) is 102 Å². The second kappa shape index (κ2) is 8.11. The number of aromatic nitrogens is 1. The van der Waals surface area contributed by atoms with E-state index in [9.17, 15) is 9.59 Å². The second-order valence-electron chi connectivity index (χ2n) is 7.81. The zero-order valence-electron chi connectivity index (χ0n) is 17.0. The number of hydrogen-bond donors (Lipinski definition) is 2. The van der Waals surface area contributed by atoms with Crippen LogP contribution in [0.2, 0.25) is 0 Å². The minimum Gasteiger partial charge on any atom is -0.351 e. The molecule has 5 nitrogen and oxygen atoms in total. The number of anilines is 1. The molecular weight excluding hydrogens is 386 g/mol. The van der Waals surface area contributed by atoms with Crippen LogP contribution < -0.4 is 10.2 Å². The zero-order valence-corrected chi connectivity index (χ0v) is 17.0. The summed E-state index contributed by atoms with van der Waals surface area (Å²) in [5.41, 5.74) is 4.18. The zero-order chi connectivity index (χ0) is 21.2. The summed E-state index contributed by atoms with van der Waals surface area (Å²) in [7, 11) is 0. The molecule has 2 N–H and O–H groups in total. The predicted octanol–water partition coefficient (Wildman–Crippen LogP) is 4.62. The fraction of sp³-hybridized carbons (Fsp3) is 0.154. The first-order valence-electron chi connectivity index (χ1n) is 10.5. The molecule has 2 heterocycles. The van der Waals surface area contributed by atoms with E-state index in [-0.39, 0.29) is 11.8 Å². The molecule has 0 fully saturated rings. The molecule has 154 valence electrons. The van der Waals surface area contributed by atoms with Crippen molar-refractivity contribution in [2.45, 2.75) is 18.9 Å². The molecule has 0 radical (unpaired) electrons. The highest BCUT2D eigenvalue weighted by molar-refractivity contribution is 6.04. The molecule has 1 aliphatic rings. The van der Waals surface area contributed by atoms with Gasteiger partial charge in [-0.25, -0.2) is 0 Å². The number of hydrogen-bond acceptors (Lipinski definition) is 2. The largest absolute Gasteiger partial charge is 0.351 e. The van der Waals surface area contributed by atoms with Crippen LogP contribution in [0, 0.1) is 0 Å². The second-order valence-corrected chi connectivity index (χ2v) is 7.81. The van der Waals surface area contributed by atoms with Crippen LogP contribution in [-0.4, -0.2) is 23.3 Å². The van der Waals surface area contributed by atoms with E-state index in [0.717, 1.165) is 40.6 Å². The Morgan fingerprint density at radius 1 is 0.903 bits per heavy atom. The maximum absolute atomic E-state index is 13.7. The Morgan fingerprint density at radius 2 is 1.65 bits per heavy atom. The fourth-order valence-electron chi connectivity index (χ4n) is 4.26. The van der Waals surface area contributed by atoms with E-state index in [0.29, 0.717) is 12.2 Å². The number of fused-ring (bicyclic) bond motifs is 2. The van der Waals surface area contributed by atoms with Gasteiger partial charge in [-0.1, -0.05) is 66.7 Å². The summed E-state index contributed by atoms with van der Waals surface area (Å²) in [6.45, 7) is 0.640. The van der Waals surface area contributed by atoms with Crippen LogP contribution >= 0.6 is 0 Å². The third kappa shape index (κ3) is 3.70. The van der Waals surface area contributed by atoms with Crippen LogP contribution in [0.25, 0.3) is 10.9 Å². The fourth-order valence-corrected chi connectivity index (χ4v) is 4.26. The number of aryl methyl sites for hydroxylation is 1. The SMILES string of the molecule is O=C(N[C@@H](C(=O)N1CCCc2ccccc21)c1ccccc1)c1cc2ccccc2[nH]1. The molecule has 0 saturated heterocycles. The monoisotopic (exact) mass is 409 g/mol. The van der Waals surface area contributed by atoms with Gasteiger partial charge in [0.2, 0.25) is 0 Å². The number of aromatic amines is 1. The maximum atomic E-state index is 13.7. The molecule has 0 aliphatic carbocycles. The van der Waals surface area contributed by atoms with Crippen LogP contribution in [0.3, 0.4) is 0 Å². The van der Waals surface area contributed by atoms with Crippen LogP contribution in [-0.2, 0) is 11.2 Å². The minimum absolute atomic E-state index is 0.122. The lowest BCUT2D eigenvalue weighted by Crippen LogP contribution is -2.45. The third-order valence-corrected chi connectivity index (χ3v) is 5.81. The highest BCUT2D eigenvalue weighted by Crippen LogP contribution is 2.30. The molecule has 0 bridgehead atoms. The van der Waals surface area contributed by atoms with Gasteiger partial charge < -0.3 is 15.2 Å². The number of amides is 2. The van der Waals surface area contributed by atoms with E-state index >= 15 is 0 Å². The van der Waals surface area contributed by atoms with Crippen LogP contribution in [0.4, 0.5) is 5.69 Å². The van der Waals surface area contributed by atoms with Crippen molar-refractivity contribution in [1.82, 2.24) is 10.3 Å². The van der Waals surface area contributed by atoms with Crippen molar-refractivity contribution in [2.24, 2.45) is 0 Å². The quantitative estimate of drug-likeness (QED) is 0.517. The third-order valence-electron chi connectivity index (χ3n) is 5.81. The van der Waals surface area contributed by atoms with Gasteiger partial charge in [-0.3, -0.25) is 9.59 Å². The Bertz CT molecular complexity index is 1210.